The van der Waals surface area contributed by atoms with E-state index in [4.69, 9.17) is 13.9 Å². The summed E-state index contributed by atoms with van der Waals surface area (Å²) < 4.78 is 17.5. The first-order chi connectivity index (χ1) is 11.8. The maximum absolute atomic E-state index is 6.26. The van der Waals surface area contributed by atoms with E-state index in [-0.39, 0.29) is 0 Å². The highest BCUT2D eigenvalue weighted by Crippen LogP contribution is 2.27. The van der Waals surface area contributed by atoms with E-state index in [0.717, 1.165) is 57.5 Å². The third kappa shape index (κ3) is 3.85. The Hall–Kier alpha value is -0.880. The zero-order valence-corrected chi connectivity index (χ0v) is 14.8. The molecule has 5 nitrogen and oxygen atoms in total. The Balaban J connectivity index is 1.33. The van der Waals surface area contributed by atoms with Gasteiger partial charge in [0.2, 0.25) is 0 Å². The van der Waals surface area contributed by atoms with E-state index < -0.39 is 0 Å². The Labute approximate surface area is 144 Å². The maximum atomic E-state index is 6.26. The van der Waals surface area contributed by atoms with Crippen molar-refractivity contribution in [2.75, 3.05) is 46.0 Å². The fourth-order valence-corrected chi connectivity index (χ4v) is 4.46. The fourth-order valence-electron chi connectivity index (χ4n) is 4.46. The second-order valence-electron chi connectivity index (χ2n) is 7.54. The van der Waals surface area contributed by atoms with Crippen LogP contribution >= 0.6 is 0 Å². The van der Waals surface area contributed by atoms with E-state index >= 15 is 0 Å². The number of piperidine rings is 1. The monoisotopic (exact) mass is 334 g/mol. The molecule has 134 valence electrons. The maximum Gasteiger partial charge on any atom is 0.118 e. The lowest BCUT2D eigenvalue weighted by atomic mass is 9.92. The van der Waals surface area contributed by atoms with Crippen molar-refractivity contribution in [2.45, 2.75) is 44.9 Å². The van der Waals surface area contributed by atoms with Crippen molar-refractivity contribution in [3.8, 4) is 0 Å². The molecule has 0 bridgehead atoms. The highest BCUT2D eigenvalue weighted by Gasteiger charge is 2.35. The molecule has 3 aliphatic heterocycles. The minimum Gasteiger partial charge on any atom is -0.465 e. The SMILES string of the molecule is Cc1ccc(CN2CC[C@H]3CN(C4CCOCC4)CCO[C@@H]3C2)o1. The van der Waals surface area contributed by atoms with Crippen LogP contribution < -0.4 is 0 Å². The first-order valence-electron chi connectivity index (χ1n) is 9.49. The van der Waals surface area contributed by atoms with Crippen LogP contribution in [0.5, 0.6) is 0 Å². The quantitative estimate of drug-likeness (QED) is 0.848. The fraction of sp³-hybridized carbons (Fsp3) is 0.789. The van der Waals surface area contributed by atoms with Crippen molar-refractivity contribution in [2.24, 2.45) is 5.92 Å². The summed E-state index contributed by atoms with van der Waals surface area (Å²) in [6.07, 6.45) is 3.96. The van der Waals surface area contributed by atoms with Gasteiger partial charge in [-0.25, -0.2) is 0 Å². The predicted octanol–water partition coefficient (Wildman–Crippen LogP) is 2.29. The van der Waals surface area contributed by atoms with Crippen LogP contribution in [0, 0.1) is 12.8 Å². The smallest absolute Gasteiger partial charge is 0.118 e. The van der Waals surface area contributed by atoms with E-state index in [0.29, 0.717) is 18.1 Å². The van der Waals surface area contributed by atoms with Gasteiger partial charge in [0, 0.05) is 44.8 Å². The largest absolute Gasteiger partial charge is 0.465 e. The van der Waals surface area contributed by atoms with Crippen molar-refractivity contribution in [3.05, 3.63) is 23.7 Å². The average molecular weight is 334 g/mol. The Morgan fingerprint density at radius 3 is 2.71 bits per heavy atom. The summed E-state index contributed by atoms with van der Waals surface area (Å²) in [5.74, 6) is 2.74. The highest BCUT2D eigenvalue weighted by molar-refractivity contribution is 5.05. The van der Waals surface area contributed by atoms with Crippen LogP contribution in [0.4, 0.5) is 0 Å². The van der Waals surface area contributed by atoms with Gasteiger partial charge in [0.05, 0.1) is 19.3 Å². The number of furan rings is 1. The highest BCUT2D eigenvalue weighted by atomic mass is 16.5. The van der Waals surface area contributed by atoms with Crippen LogP contribution in [-0.4, -0.2) is 67.9 Å². The molecule has 0 amide bonds. The summed E-state index contributed by atoms with van der Waals surface area (Å²) in [6.45, 7) is 10.1. The van der Waals surface area contributed by atoms with Gasteiger partial charge in [0.25, 0.3) is 0 Å². The lowest BCUT2D eigenvalue weighted by molar-refractivity contribution is -0.0259. The summed E-state index contributed by atoms with van der Waals surface area (Å²) in [7, 11) is 0. The molecule has 0 N–H and O–H groups in total. The molecule has 3 fully saturated rings. The topological polar surface area (TPSA) is 38.1 Å². The third-order valence-corrected chi connectivity index (χ3v) is 5.84. The number of fused-ring (bicyclic) bond motifs is 1. The molecule has 0 radical (unpaired) electrons. The number of nitrogens with zero attached hydrogens (tertiary/aromatic N) is 2. The van der Waals surface area contributed by atoms with Crippen LogP contribution in [0.2, 0.25) is 0 Å². The normalized spacial score (nSPS) is 30.9. The summed E-state index contributed by atoms with van der Waals surface area (Å²) in [6, 6.07) is 4.85. The van der Waals surface area contributed by atoms with Gasteiger partial charge in [-0.1, -0.05) is 0 Å². The molecule has 3 saturated heterocycles. The average Bonchev–Trinajstić information content (AvgIpc) is 2.89. The van der Waals surface area contributed by atoms with Gasteiger partial charge in [0.1, 0.15) is 11.5 Å². The van der Waals surface area contributed by atoms with Crippen LogP contribution in [-0.2, 0) is 16.0 Å². The molecular formula is C19H30N2O3. The van der Waals surface area contributed by atoms with Gasteiger partial charge in [-0.2, -0.15) is 0 Å². The summed E-state index contributed by atoms with van der Waals surface area (Å²) >= 11 is 0. The van der Waals surface area contributed by atoms with Gasteiger partial charge in [-0.3, -0.25) is 9.80 Å². The van der Waals surface area contributed by atoms with E-state index in [1.54, 1.807) is 0 Å². The van der Waals surface area contributed by atoms with E-state index in [9.17, 15) is 0 Å². The molecule has 4 heterocycles. The second-order valence-corrected chi connectivity index (χ2v) is 7.54. The lowest BCUT2D eigenvalue weighted by Crippen LogP contribution is -2.48. The second kappa shape index (κ2) is 7.56. The number of hydrogen-bond donors (Lipinski definition) is 0. The van der Waals surface area contributed by atoms with Gasteiger partial charge in [0.15, 0.2) is 0 Å². The molecule has 0 saturated carbocycles. The van der Waals surface area contributed by atoms with E-state index in [2.05, 4.69) is 21.9 Å². The molecule has 0 aliphatic carbocycles. The summed E-state index contributed by atoms with van der Waals surface area (Å²) in [4.78, 5) is 5.17. The Bertz CT molecular complexity index is 526. The first-order valence-corrected chi connectivity index (χ1v) is 9.49. The Morgan fingerprint density at radius 2 is 1.92 bits per heavy atom. The van der Waals surface area contributed by atoms with Crippen LogP contribution in [0.25, 0.3) is 0 Å². The zero-order valence-electron chi connectivity index (χ0n) is 14.8. The molecule has 1 aromatic rings. The standard InChI is InChI=1S/C19H30N2O3/c1-15-2-3-18(24-15)13-20-7-4-16-12-21(8-11-23-19(16)14-20)17-5-9-22-10-6-17/h2-3,16-17,19H,4-14H2,1H3/t16-,19+/m0/s1. The predicted molar refractivity (Wildman–Crippen MR) is 92.0 cm³/mol. The Kier molecular flexibility index (Phi) is 5.22. The molecule has 0 spiro atoms. The molecule has 2 atom stereocenters. The van der Waals surface area contributed by atoms with Crippen molar-refractivity contribution < 1.29 is 13.9 Å². The molecular weight excluding hydrogens is 304 g/mol. The minimum absolute atomic E-state index is 0.375. The van der Waals surface area contributed by atoms with Crippen molar-refractivity contribution in [3.63, 3.8) is 0 Å². The van der Waals surface area contributed by atoms with Gasteiger partial charge >= 0.3 is 0 Å². The van der Waals surface area contributed by atoms with Gasteiger partial charge in [-0.05, 0) is 44.9 Å². The van der Waals surface area contributed by atoms with Gasteiger partial charge in [-0.15, -0.1) is 0 Å². The number of likely N-dealkylation sites (tertiary alicyclic amines) is 1. The molecule has 3 aliphatic rings. The third-order valence-electron chi connectivity index (χ3n) is 5.84. The van der Waals surface area contributed by atoms with Crippen molar-refractivity contribution in [1.82, 2.24) is 9.80 Å². The number of hydrogen-bond acceptors (Lipinski definition) is 5. The molecule has 4 rings (SSSR count). The summed E-state index contributed by atoms with van der Waals surface area (Å²) in [5, 5.41) is 0. The number of aryl methyl sites for hydroxylation is 1. The number of ether oxygens (including phenoxy) is 2. The lowest BCUT2D eigenvalue weighted by Gasteiger charge is -2.39. The molecule has 24 heavy (non-hydrogen) atoms. The molecule has 5 heteroatoms. The van der Waals surface area contributed by atoms with Crippen molar-refractivity contribution in [1.29, 1.82) is 0 Å². The van der Waals surface area contributed by atoms with Gasteiger partial charge < -0.3 is 13.9 Å². The molecule has 1 aromatic heterocycles. The van der Waals surface area contributed by atoms with Crippen molar-refractivity contribution >= 4 is 0 Å². The van der Waals surface area contributed by atoms with E-state index in [1.807, 2.05) is 6.92 Å². The molecule has 0 aromatic carbocycles. The Morgan fingerprint density at radius 1 is 1.04 bits per heavy atom. The van der Waals surface area contributed by atoms with Crippen LogP contribution in [0.3, 0.4) is 0 Å². The van der Waals surface area contributed by atoms with Crippen LogP contribution in [0.15, 0.2) is 16.5 Å². The minimum atomic E-state index is 0.375. The first kappa shape index (κ1) is 16.6. The van der Waals surface area contributed by atoms with Crippen LogP contribution in [0.1, 0.15) is 30.8 Å². The summed E-state index contributed by atoms with van der Waals surface area (Å²) in [5.41, 5.74) is 0. The number of rotatable bonds is 3. The van der Waals surface area contributed by atoms with E-state index in [1.165, 1.54) is 25.8 Å². The zero-order chi connectivity index (χ0) is 16.4. The molecule has 0 unspecified atom stereocenters.